The molecule has 1 aliphatic carbocycles. The van der Waals surface area contributed by atoms with E-state index in [1.165, 1.54) is 12.1 Å². The lowest BCUT2D eigenvalue weighted by Gasteiger charge is -2.24. The molecule has 2 amide bonds. The predicted molar refractivity (Wildman–Crippen MR) is 214 cm³/mol. The van der Waals surface area contributed by atoms with Gasteiger partial charge in [0.1, 0.15) is 12.4 Å². The van der Waals surface area contributed by atoms with Crippen LogP contribution in [0.1, 0.15) is 59.7 Å². The summed E-state index contributed by atoms with van der Waals surface area (Å²) < 4.78 is 65.8. The third-order valence-electron chi connectivity index (χ3n) is 8.99. The molecule has 2 aliphatic rings. The van der Waals surface area contributed by atoms with Crippen LogP contribution in [-0.2, 0) is 66.5 Å². The number of benzene rings is 1. The van der Waals surface area contributed by atoms with Crippen molar-refractivity contribution in [2.75, 3.05) is 152 Å². The van der Waals surface area contributed by atoms with Gasteiger partial charge in [0, 0.05) is 31.6 Å². The fraction of sp³-hybridized carbons (Fsp3) is 0.738. The molecule has 0 aromatic heterocycles. The molecule has 1 fully saturated rings. The van der Waals surface area contributed by atoms with Gasteiger partial charge in [-0.1, -0.05) is 19.1 Å². The van der Waals surface area contributed by atoms with Crippen LogP contribution in [0.25, 0.3) is 0 Å². The Kier molecular flexibility index (Phi) is 28.4. The van der Waals surface area contributed by atoms with Crippen molar-refractivity contribution in [3.8, 4) is 5.75 Å². The number of hydrogen-bond acceptors (Lipinski definition) is 17. The van der Waals surface area contributed by atoms with Gasteiger partial charge in [-0.2, -0.15) is 0 Å². The Morgan fingerprint density at radius 1 is 0.567 bits per heavy atom. The summed E-state index contributed by atoms with van der Waals surface area (Å²) in [5.74, 6) is -4.25. The lowest BCUT2D eigenvalue weighted by atomic mass is 9.82. The van der Waals surface area contributed by atoms with Gasteiger partial charge in [0.15, 0.2) is 17.3 Å². The molecule has 2 atom stereocenters. The van der Waals surface area contributed by atoms with E-state index >= 15 is 0 Å². The second-order valence-electron chi connectivity index (χ2n) is 13.6. The van der Waals surface area contributed by atoms with Gasteiger partial charge in [-0.3, -0.25) is 29.3 Å². The quantitative estimate of drug-likeness (QED) is 0.0569. The number of hydrogen-bond donors (Lipinski definition) is 1. The van der Waals surface area contributed by atoms with Gasteiger partial charge in [0.05, 0.1) is 150 Å². The summed E-state index contributed by atoms with van der Waals surface area (Å²) >= 11 is 0. The van der Waals surface area contributed by atoms with Gasteiger partial charge in [0.25, 0.3) is 0 Å². The van der Waals surface area contributed by atoms with Crippen LogP contribution < -0.4 is 10.1 Å². The van der Waals surface area contributed by atoms with Crippen molar-refractivity contribution in [3.63, 3.8) is 0 Å². The number of piperidine rings is 1. The van der Waals surface area contributed by atoms with Crippen LogP contribution in [0.5, 0.6) is 5.75 Å². The van der Waals surface area contributed by atoms with Crippen molar-refractivity contribution in [2.45, 2.75) is 39.0 Å². The van der Waals surface area contributed by atoms with Gasteiger partial charge in [-0.25, -0.2) is 0 Å². The molecule has 18 nitrogen and oxygen atoms in total. The predicted octanol–water partition coefficient (Wildman–Crippen LogP) is 2.06. The molecule has 3 rings (SSSR count). The number of ether oxygens (including phenoxy) is 12. The van der Waals surface area contributed by atoms with Crippen LogP contribution in [0.15, 0.2) is 18.2 Å². The average Bonchev–Trinajstić information content (AvgIpc) is 3.50. The molecule has 1 aromatic rings. The fourth-order valence-corrected chi connectivity index (χ4v) is 5.99. The maximum atomic E-state index is 13.2. The molecule has 0 radical (unpaired) electrons. The molecule has 1 aliphatic heterocycles. The maximum Gasteiger partial charge on any atom is 0.230 e. The number of carbonyl (C=O) groups is 5. The molecular weight excluding hydrogens is 790 g/mol. The normalized spacial score (nSPS) is 16.4. The van der Waals surface area contributed by atoms with E-state index in [9.17, 15) is 24.0 Å². The van der Waals surface area contributed by atoms with Crippen LogP contribution in [-0.4, -0.2) is 181 Å². The van der Waals surface area contributed by atoms with E-state index in [1.807, 2.05) is 0 Å². The number of fused-ring (bicyclic) bond motifs is 1. The number of ketones is 3. The monoisotopic (exact) mass is 855 g/mol. The number of imide groups is 1. The molecule has 1 N–H and O–H groups in total. The summed E-state index contributed by atoms with van der Waals surface area (Å²) in [6, 6.07) is 4.59. The maximum absolute atomic E-state index is 13.2. The zero-order chi connectivity index (χ0) is 42.9. The Morgan fingerprint density at radius 3 is 1.40 bits per heavy atom. The molecule has 1 aromatic carbocycles. The highest BCUT2D eigenvalue weighted by molar-refractivity contribution is 6.29. The van der Waals surface area contributed by atoms with Gasteiger partial charge in [0.2, 0.25) is 11.8 Å². The summed E-state index contributed by atoms with van der Waals surface area (Å²) in [7, 11) is 0. The minimum absolute atomic E-state index is 0.0602. The van der Waals surface area contributed by atoms with Crippen LogP contribution in [0.2, 0.25) is 0 Å². The topological polar surface area (TPSA) is 208 Å². The highest BCUT2D eigenvalue weighted by atomic mass is 16.6. The third-order valence-corrected chi connectivity index (χ3v) is 8.99. The zero-order valence-electron chi connectivity index (χ0n) is 35.1. The lowest BCUT2D eigenvalue weighted by molar-refractivity contribution is -0.137. The van der Waals surface area contributed by atoms with E-state index in [2.05, 4.69) is 12.2 Å². The highest BCUT2D eigenvalue weighted by Gasteiger charge is 2.48. The Bertz CT molecular complexity index is 1380. The number of carbonyl (C=O) groups excluding carboxylic acids is 5. The molecule has 0 bridgehead atoms. The molecule has 0 saturated carbocycles. The first-order valence-corrected chi connectivity index (χ1v) is 21.0. The summed E-state index contributed by atoms with van der Waals surface area (Å²) in [4.78, 5) is 62.6. The fourth-order valence-electron chi connectivity index (χ4n) is 5.99. The van der Waals surface area contributed by atoms with Crippen LogP contribution >= 0.6 is 0 Å². The Morgan fingerprint density at radius 2 is 0.983 bits per heavy atom. The van der Waals surface area contributed by atoms with Crippen molar-refractivity contribution in [1.82, 2.24) is 5.32 Å². The smallest absolute Gasteiger partial charge is 0.230 e. The first kappa shape index (κ1) is 51.1. The summed E-state index contributed by atoms with van der Waals surface area (Å²) in [6.07, 6.45) is 1.87. The number of Topliss-reactive ketones (excluding diaryl/α,β-unsaturated/α-hetero) is 3. The van der Waals surface area contributed by atoms with Gasteiger partial charge in [-0.05, 0) is 25.3 Å². The number of nitrogens with one attached hydrogen (secondary N) is 1. The second kappa shape index (κ2) is 33.4. The largest absolute Gasteiger partial charge is 0.485 e. The standard InChI is InChI=1S/C42H65NO17/c1-2-10-49-12-14-51-16-18-53-20-22-55-24-26-57-28-30-59-31-29-58-27-25-56-23-21-54-19-17-52-15-13-50-11-4-5-33(44)32-60-36-7-3-6-34-38(36)41(47)39(40(34)46)35-8-9-37(45)43-42(35)48/h3,6-7,35,39H,2,4-5,8-32H2,1H3,(H,43,45,48). The minimum atomic E-state index is -1.21. The molecule has 1 heterocycles. The molecule has 340 valence electrons. The summed E-state index contributed by atoms with van der Waals surface area (Å²) in [6.45, 7) is 12.5. The second-order valence-corrected chi connectivity index (χ2v) is 13.6. The number of amides is 2. The average molecular weight is 856 g/mol. The Balaban J connectivity index is 1.00. The van der Waals surface area contributed by atoms with Crippen molar-refractivity contribution < 1.29 is 80.8 Å². The first-order chi connectivity index (χ1) is 29.4. The van der Waals surface area contributed by atoms with Crippen molar-refractivity contribution >= 4 is 29.2 Å². The first-order valence-electron chi connectivity index (χ1n) is 21.0. The highest BCUT2D eigenvalue weighted by Crippen LogP contribution is 2.39. The van der Waals surface area contributed by atoms with Crippen LogP contribution in [0, 0.1) is 11.8 Å². The van der Waals surface area contributed by atoms with Crippen molar-refractivity contribution in [1.29, 1.82) is 0 Å². The number of rotatable bonds is 40. The van der Waals surface area contributed by atoms with Gasteiger partial charge in [-0.15, -0.1) is 0 Å². The molecule has 18 heteroatoms. The van der Waals surface area contributed by atoms with Gasteiger partial charge >= 0.3 is 0 Å². The lowest BCUT2D eigenvalue weighted by Crippen LogP contribution is -2.46. The molecule has 0 spiro atoms. The van der Waals surface area contributed by atoms with Crippen LogP contribution in [0.3, 0.4) is 0 Å². The van der Waals surface area contributed by atoms with E-state index in [1.54, 1.807) is 6.07 Å². The van der Waals surface area contributed by atoms with Crippen molar-refractivity contribution in [2.24, 2.45) is 11.8 Å². The Labute approximate surface area is 352 Å². The summed E-state index contributed by atoms with van der Waals surface area (Å²) in [5, 5.41) is 2.20. The molecule has 60 heavy (non-hydrogen) atoms. The SMILES string of the molecule is CCCOCCOCCOCCOCCOCCOCCOCCOCCOCCOCCOCCCC(=O)COc1cccc2c1C(=O)C(C1CCC(=O)NC1=O)C2=O. The molecule has 2 unspecified atom stereocenters. The minimum Gasteiger partial charge on any atom is -0.485 e. The van der Waals surface area contributed by atoms with E-state index in [4.69, 9.17) is 56.8 Å². The Hall–Kier alpha value is -3.27. The van der Waals surface area contributed by atoms with Crippen molar-refractivity contribution in [3.05, 3.63) is 29.3 Å². The van der Waals surface area contributed by atoms with E-state index in [0.29, 0.717) is 145 Å². The molecular formula is C42H65NO17. The third kappa shape index (κ3) is 21.5. The zero-order valence-corrected chi connectivity index (χ0v) is 35.1. The van der Waals surface area contributed by atoms with Crippen LogP contribution in [0.4, 0.5) is 0 Å². The van der Waals surface area contributed by atoms with Gasteiger partial charge < -0.3 is 56.8 Å². The van der Waals surface area contributed by atoms with E-state index in [0.717, 1.165) is 13.0 Å². The van der Waals surface area contributed by atoms with E-state index < -0.39 is 35.2 Å². The molecule has 1 saturated heterocycles. The van der Waals surface area contributed by atoms with E-state index in [-0.39, 0.29) is 48.5 Å². The summed E-state index contributed by atoms with van der Waals surface area (Å²) in [5.41, 5.74) is 0.231.